The molecule has 4 nitrogen and oxygen atoms in total. The molecular formula is C11H22O4. The first-order chi connectivity index (χ1) is 6.63. The summed E-state index contributed by atoms with van der Waals surface area (Å²) in [6.07, 6.45) is 0.183. The van der Waals surface area contributed by atoms with Crippen molar-refractivity contribution in [2.24, 2.45) is 0 Å². The van der Waals surface area contributed by atoms with Crippen LogP contribution in [0.15, 0.2) is 0 Å². The molecule has 0 bridgehead atoms. The number of carbonyl (C=O) groups is 1. The average Bonchev–Trinajstić information content (AvgIpc) is 2.01. The molecule has 15 heavy (non-hydrogen) atoms. The van der Waals surface area contributed by atoms with E-state index in [-0.39, 0.29) is 6.10 Å². The predicted molar refractivity (Wildman–Crippen MR) is 58.0 cm³/mol. The van der Waals surface area contributed by atoms with Crippen molar-refractivity contribution in [2.45, 2.75) is 58.3 Å². The Kier molecular flexibility index (Phi) is 4.74. The Balaban J connectivity index is 4.73. The first-order valence-corrected chi connectivity index (χ1v) is 5.09. The van der Waals surface area contributed by atoms with Crippen molar-refractivity contribution in [3.63, 3.8) is 0 Å². The second kappa shape index (κ2) is 4.94. The summed E-state index contributed by atoms with van der Waals surface area (Å²) in [5.74, 6) is -0.957. The average molecular weight is 218 g/mol. The van der Waals surface area contributed by atoms with E-state index in [9.17, 15) is 4.79 Å². The zero-order chi connectivity index (χ0) is 12.3. The molecule has 0 aliphatic heterocycles. The normalized spacial score (nSPS) is 16.5. The molecule has 0 aliphatic carbocycles. The summed E-state index contributed by atoms with van der Waals surface area (Å²) in [5, 5.41) is 9.16. The number of rotatable bonds is 6. The third-order valence-electron chi connectivity index (χ3n) is 2.26. The fourth-order valence-corrected chi connectivity index (χ4v) is 1.57. The zero-order valence-electron chi connectivity index (χ0n) is 10.5. The maximum atomic E-state index is 11.2. The summed E-state index contributed by atoms with van der Waals surface area (Å²) in [6.45, 7) is 8.91. The minimum atomic E-state index is -1.20. The van der Waals surface area contributed by atoms with E-state index < -0.39 is 17.2 Å². The van der Waals surface area contributed by atoms with Gasteiger partial charge in [0.25, 0.3) is 0 Å². The Labute approximate surface area is 91.6 Å². The van der Waals surface area contributed by atoms with Crippen LogP contribution in [-0.4, -0.2) is 35.5 Å². The summed E-state index contributed by atoms with van der Waals surface area (Å²) in [6, 6.07) is 0. The summed E-state index contributed by atoms with van der Waals surface area (Å²) in [5.41, 5.74) is -1.71. The predicted octanol–water partition coefficient (Wildman–Crippen LogP) is 2.07. The lowest BCUT2D eigenvalue weighted by Crippen LogP contribution is -2.46. The highest BCUT2D eigenvalue weighted by Crippen LogP contribution is 2.27. The molecule has 0 aromatic carbocycles. The highest BCUT2D eigenvalue weighted by molar-refractivity contribution is 5.77. The highest BCUT2D eigenvalue weighted by atomic mass is 16.5. The van der Waals surface area contributed by atoms with Gasteiger partial charge in [0.15, 0.2) is 5.60 Å². The summed E-state index contributed by atoms with van der Waals surface area (Å²) >= 11 is 0. The molecule has 0 aromatic heterocycles. The van der Waals surface area contributed by atoms with Gasteiger partial charge in [-0.05, 0) is 34.6 Å². The summed E-state index contributed by atoms with van der Waals surface area (Å²) in [4.78, 5) is 11.2. The van der Waals surface area contributed by atoms with Gasteiger partial charge < -0.3 is 14.6 Å². The minimum Gasteiger partial charge on any atom is -0.479 e. The first-order valence-electron chi connectivity index (χ1n) is 5.09. The van der Waals surface area contributed by atoms with E-state index >= 15 is 0 Å². The molecule has 0 radical (unpaired) electrons. The van der Waals surface area contributed by atoms with E-state index in [1.165, 1.54) is 0 Å². The van der Waals surface area contributed by atoms with Gasteiger partial charge in [-0.15, -0.1) is 0 Å². The van der Waals surface area contributed by atoms with Crippen LogP contribution in [0, 0.1) is 0 Å². The molecule has 1 N–H and O–H groups in total. The third-order valence-corrected chi connectivity index (χ3v) is 2.26. The van der Waals surface area contributed by atoms with E-state index in [0.29, 0.717) is 6.42 Å². The molecule has 0 saturated heterocycles. The van der Waals surface area contributed by atoms with Crippen LogP contribution in [0.2, 0.25) is 0 Å². The van der Waals surface area contributed by atoms with Crippen molar-refractivity contribution in [1.82, 2.24) is 0 Å². The molecular weight excluding hydrogens is 196 g/mol. The minimum absolute atomic E-state index is 0.126. The molecule has 0 spiro atoms. The molecule has 1 unspecified atom stereocenters. The number of aliphatic carboxylic acids is 1. The maximum absolute atomic E-state index is 11.2. The number of ether oxygens (including phenoxy) is 2. The quantitative estimate of drug-likeness (QED) is 0.741. The second-order valence-corrected chi connectivity index (χ2v) is 4.84. The van der Waals surface area contributed by atoms with Gasteiger partial charge in [0, 0.05) is 13.5 Å². The van der Waals surface area contributed by atoms with Gasteiger partial charge >= 0.3 is 5.97 Å². The zero-order valence-corrected chi connectivity index (χ0v) is 10.5. The first kappa shape index (κ1) is 14.4. The molecule has 0 fully saturated rings. The van der Waals surface area contributed by atoms with Crippen molar-refractivity contribution in [3.8, 4) is 0 Å². The van der Waals surface area contributed by atoms with Crippen molar-refractivity contribution in [1.29, 1.82) is 0 Å². The molecule has 0 amide bonds. The Bertz CT molecular complexity index is 223. The van der Waals surface area contributed by atoms with E-state index in [0.717, 1.165) is 0 Å². The summed E-state index contributed by atoms with van der Waals surface area (Å²) < 4.78 is 10.7. The lowest BCUT2D eigenvalue weighted by Gasteiger charge is -2.34. The van der Waals surface area contributed by atoms with E-state index in [1.807, 2.05) is 27.7 Å². The fourth-order valence-electron chi connectivity index (χ4n) is 1.57. The topological polar surface area (TPSA) is 55.8 Å². The molecule has 4 heteroatoms. The van der Waals surface area contributed by atoms with Gasteiger partial charge in [0.2, 0.25) is 0 Å². The van der Waals surface area contributed by atoms with Crippen molar-refractivity contribution in [3.05, 3.63) is 0 Å². The molecule has 90 valence electrons. The van der Waals surface area contributed by atoms with E-state index in [1.54, 1.807) is 14.0 Å². The van der Waals surface area contributed by atoms with Gasteiger partial charge in [-0.3, -0.25) is 0 Å². The van der Waals surface area contributed by atoms with Crippen molar-refractivity contribution in [2.75, 3.05) is 7.11 Å². The third kappa shape index (κ3) is 4.62. The van der Waals surface area contributed by atoms with Crippen LogP contribution < -0.4 is 0 Å². The largest absolute Gasteiger partial charge is 0.479 e. The number of hydrogen-bond acceptors (Lipinski definition) is 3. The van der Waals surface area contributed by atoms with Crippen LogP contribution in [-0.2, 0) is 14.3 Å². The van der Waals surface area contributed by atoms with Gasteiger partial charge in [-0.2, -0.15) is 0 Å². The molecule has 0 saturated carbocycles. The monoisotopic (exact) mass is 218 g/mol. The second-order valence-electron chi connectivity index (χ2n) is 4.84. The highest BCUT2D eigenvalue weighted by Gasteiger charge is 2.40. The lowest BCUT2D eigenvalue weighted by molar-refractivity contribution is -0.178. The van der Waals surface area contributed by atoms with Gasteiger partial charge in [0.1, 0.15) is 0 Å². The number of carboxylic acid groups (broad SMARTS) is 1. The SMILES string of the molecule is COC(C)(C)CC(C)(OC(C)C)C(=O)O. The fraction of sp³-hybridized carbons (Fsp3) is 0.909. The Morgan fingerprint density at radius 2 is 1.80 bits per heavy atom. The van der Waals surface area contributed by atoms with Crippen LogP contribution in [0.4, 0.5) is 0 Å². The lowest BCUT2D eigenvalue weighted by atomic mass is 9.90. The Morgan fingerprint density at radius 3 is 2.07 bits per heavy atom. The van der Waals surface area contributed by atoms with Crippen molar-refractivity contribution < 1.29 is 19.4 Å². The number of carboxylic acids is 1. The van der Waals surface area contributed by atoms with Crippen molar-refractivity contribution >= 4 is 5.97 Å². The van der Waals surface area contributed by atoms with Crippen LogP contribution in [0.5, 0.6) is 0 Å². The van der Waals surface area contributed by atoms with Gasteiger partial charge in [-0.25, -0.2) is 4.79 Å². The molecule has 1 atom stereocenters. The Hall–Kier alpha value is -0.610. The van der Waals surface area contributed by atoms with Crippen LogP contribution in [0.1, 0.15) is 41.0 Å². The van der Waals surface area contributed by atoms with Gasteiger partial charge in [0.05, 0.1) is 11.7 Å². The number of methoxy groups -OCH3 is 1. The van der Waals surface area contributed by atoms with E-state index in [4.69, 9.17) is 14.6 Å². The maximum Gasteiger partial charge on any atom is 0.335 e. The Morgan fingerprint density at radius 1 is 1.33 bits per heavy atom. The smallest absolute Gasteiger partial charge is 0.335 e. The van der Waals surface area contributed by atoms with Gasteiger partial charge in [-0.1, -0.05) is 0 Å². The van der Waals surface area contributed by atoms with Crippen LogP contribution >= 0.6 is 0 Å². The molecule has 0 heterocycles. The molecule has 0 rings (SSSR count). The number of hydrogen-bond donors (Lipinski definition) is 1. The van der Waals surface area contributed by atoms with Crippen LogP contribution in [0.25, 0.3) is 0 Å². The molecule has 0 aromatic rings. The standard InChI is InChI=1S/C11H22O4/c1-8(2)15-11(5,9(12)13)7-10(3,4)14-6/h8H,7H2,1-6H3,(H,12,13). The summed E-state index contributed by atoms with van der Waals surface area (Å²) in [7, 11) is 1.57. The van der Waals surface area contributed by atoms with Crippen LogP contribution in [0.3, 0.4) is 0 Å². The van der Waals surface area contributed by atoms with E-state index in [2.05, 4.69) is 0 Å². The molecule has 0 aliphatic rings.